The van der Waals surface area contributed by atoms with Crippen LogP contribution in [0.25, 0.3) is 0 Å². The first-order valence-electron chi connectivity index (χ1n) is 6.18. The summed E-state index contributed by atoms with van der Waals surface area (Å²) in [6.07, 6.45) is 2.22. The normalized spacial score (nSPS) is 22.0. The molecule has 1 aliphatic heterocycles. The van der Waals surface area contributed by atoms with Gasteiger partial charge in [-0.05, 0) is 44.9 Å². The highest BCUT2D eigenvalue weighted by Crippen LogP contribution is 2.29. The number of halogens is 1. The maximum atomic E-state index is 10.2. The SMILES string of the molecule is CC(C)(O)C1CCCN1Cc1ccccc1Cl. The first kappa shape index (κ1) is 12.9. The van der Waals surface area contributed by atoms with Crippen molar-refractivity contribution in [2.24, 2.45) is 0 Å². The predicted octanol–water partition coefficient (Wildman–Crippen LogP) is 3.08. The topological polar surface area (TPSA) is 23.5 Å². The average molecular weight is 254 g/mol. The highest BCUT2D eigenvalue weighted by Gasteiger charge is 2.35. The molecule has 1 saturated heterocycles. The van der Waals surface area contributed by atoms with Crippen molar-refractivity contribution < 1.29 is 5.11 Å². The van der Waals surface area contributed by atoms with E-state index < -0.39 is 5.60 Å². The molecule has 0 aliphatic carbocycles. The minimum Gasteiger partial charge on any atom is -0.389 e. The number of hydrogen-bond acceptors (Lipinski definition) is 2. The number of rotatable bonds is 3. The van der Waals surface area contributed by atoms with Gasteiger partial charge >= 0.3 is 0 Å². The van der Waals surface area contributed by atoms with Crippen molar-refractivity contribution in [1.29, 1.82) is 0 Å². The minimum atomic E-state index is -0.641. The van der Waals surface area contributed by atoms with Crippen LogP contribution in [-0.2, 0) is 6.54 Å². The lowest BCUT2D eigenvalue weighted by Gasteiger charge is -2.34. The zero-order valence-electron chi connectivity index (χ0n) is 10.5. The van der Waals surface area contributed by atoms with Crippen LogP contribution in [0.15, 0.2) is 24.3 Å². The molecule has 0 aromatic heterocycles. The third-order valence-electron chi connectivity index (χ3n) is 3.51. The Morgan fingerprint density at radius 2 is 2.12 bits per heavy atom. The number of nitrogens with zero attached hydrogens (tertiary/aromatic N) is 1. The molecule has 1 unspecified atom stereocenters. The van der Waals surface area contributed by atoms with E-state index in [4.69, 9.17) is 11.6 Å². The van der Waals surface area contributed by atoms with Crippen molar-refractivity contribution >= 4 is 11.6 Å². The van der Waals surface area contributed by atoms with Crippen LogP contribution in [0, 0.1) is 0 Å². The van der Waals surface area contributed by atoms with Crippen molar-refractivity contribution in [3.8, 4) is 0 Å². The summed E-state index contributed by atoms with van der Waals surface area (Å²) < 4.78 is 0. The van der Waals surface area contributed by atoms with Crippen LogP contribution >= 0.6 is 11.6 Å². The van der Waals surface area contributed by atoms with E-state index in [0.717, 1.165) is 36.5 Å². The standard InChI is InChI=1S/C14H20ClNO/c1-14(2,17)13-8-5-9-16(13)10-11-6-3-4-7-12(11)15/h3-4,6-7,13,17H,5,8-10H2,1-2H3. The van der Waals surface area contributed by atoms with E-state index in [2.05, 4.69) is 11.0 Å². The van der Waals surface area contributed by atoms with Crippen molar-refractivity contribution in [3.05, 3.63) is 34.9 Å². The van der Waals surface area contributed by atoms with E-state index in [1.54, 1.807) is 0 Å². The van der Waals surface area contributed by atoms with E-state index in [1.165, 1.54) is 0 Å². The molecule has 1 aromatic rings. The Kier molecular flexibility index (Phi) is 3.76. The van der Waals surface area contributed by atoms with E-state index >= 15 is 0 Å². The Hall–Kier alpha value is -0.570. The van der Waals surface area contributed by atoms with Crippen LogP contribution < -0.4 is 0 Å². The molecule has 1 aromatic carbocycles. The number of benzene rings is 1. The van der Waals surface area contributed by atoms with E-state index in [0.29, 0.717) is 0 Å². The van der Waals surface area contributed by atoms with Crippen molar-refractivity contribution in [2.75, 3.05) is 6.54 Å². The fourth-order valence-electron chi connectivity index (χ4n) is 2.66. The van der Waals surface area contributed by atoms with Gasteiger partial charge in [-0.15, -0.1) is 0 Å². The third kappa shape index (κ3) is 3.01. The lowest BCUT2D eigenvalue weighted by Crippen LogP contribution is -2.45. The van der Waals surface area contributed by atoms with Gasteiger partial charge in [0, 0.05) is 17.6 Å². The monoisotopic (exact) mass is 253 g/mol. The van der Waals surface area contributed by atoms with Gasteiger partial charge in [-0.1, -0.05) is 29.8 Å². The van der Waals surface area contributed by atoms with Gasteiger partial charge in [-0.3, -0.25) is 4.90 Å². The Morgan fingerprint density at radius 1 is 1.41 bits per heavy atom. The molecule has 1 atom stereocenters. The van der Waals surface area contributed by atoms with Crippen molar-refractivity contribution in [2.45, 2.75) is 44.9 Å². The lowest BCUT2D eigenvalue weighted by atomic mass is 9.96. The summed E-state index contributed by atoms with van der Waals surface area (Å²) in [6, 6.07) is 8.17. The molecular weight excluding hydrogens is 234 g/mol. The molecule has 0 amide bonds. The molecule has 1 fully saturated rings. The Labute approximate surface area is 108 Å². The molecule has 0 radical (unpaired) electrons. The van der Waals surface area contributed by atoms with Crippen molar-refractivity contribution in [3.63, 3.8) is 0 Å². The second-order valence-corrected chi connectivity index (χ2v) is 5.78. The first-order valence-corrected chi connectivity index (χ1v) is 6.56. The Balaban J connectivity index is 2.11. The largest absolute Gasteiger partial charge is 0.389 e. The van der Waals surface area contributed by atoms with Crippen LogP contribution in [0.3, 0.4) is 0 Å². The summed E-state index contributed by atoms with van der Waals surface area (Å²) in [4.78, 5) is 2.33. The molecule has 1 heterocycles. The van der Waals surface area contributed by atoms with Gasteiger partial charge in [0.15, 0.2) is 0 Å². The number of aliphatic hydroxyl groups is 1. The van der Waals surface area contributed by atoms with E-state index in [9.17, 15) is 5.11 Å². The summed E-state index contributed by atoms with van der Waals surface area (Å²) in [6.45, 7) is 5.65. The summed E-state index contributed by atoms with van der Waals surface area (Å²) in [5.74, 6) is 0. The first-order chi connectivity index (χ1) is 7.98. The average Bonchev–Trinajstić information content (AvgIpc) is 2.69. The molecule has 0 saturated carbocycles. The van der Waals surface area contributed by atoms with Crippen LogP contribution in [0.5, 0.6) is 0 Å². The van der Waals surface area contributed by atoms with Crippen molar-refractivity contribution in [1.82, 2.24) is 4.90 Å². The van der Waals surface area contributed by atoms with E-state index in [-0.39, 0.29) is 6.04 Å². The molecular formula is C14H20ClNO. The molecule has 2 rings (SSSR count). The third-order valence-corrected chi connectivity index (χ3v) is 3.88. The molecule has 1 aliphatic rings. The Bertz CT molecular complexity index is 386. The van der Waals surface area contributed by atoms with Gasteiger partial charge in [0.1, 0.15) is 0 Å². The summed E-state index contributed by atoms with van der Waals surface area (Å²) >= 11 is 6.18. The molecule has 17 heavy (non-hydrogen) atoms. The van der Waals surface area contributed by atoms with Gasteiger partial charge < -0.3 is 5.11 Å². The Morgan fingerprint density at radius 3 is 2.76 bits per heavy atom. The lowest BCUT2D eigenvalue weighted by molar-refractivity contribution is -0.00500. The molecule has 2 nitrogen and oxygen atoms in total. The molecule has 0 bridgehead atoms. The maximum Gasteiger partial charge on any atom is 0.0746 e. The van der Waals surface area contributed by atoms with Crippen LogP contribution in [0.1, 0.15) is 32.3 Å². The summed E-state index contributed by atoms with van der Waals surface area (Å²) in [5.41, 5.74) is 0.503. The van der Waals surface area contributed by atoms with Crippen LogP contribution in [0.4, 0.5) is 0 Å². The zero-order valence-corrected chi connectivity index (χ0v) is 11.2. The quantitative estimate of drug-likeness (QED) is 0.895. The summed E-state index contributed by atoms with van der Waals surface area (Å²) in [5, 5.41) is 11.0. The maximum absolute atomic E-state index is 10.2. The van der Waals surface area contributed by atoms with Gasteiger partial charge in [0.05, 0.1) is 5.60 Å². The van der Waals surface area contributed by atoms with Gasteiger partial charge in [-0.2, -0.15) is 0 Å². The molecule has 0 spiro atoms. The minimum absolute atomic E-state index is 0.235. The van der Waals surface area contributed by atoms with E-state index in [1.807, 2.05) is 32.0 Å². The second-order valence-electron chi connectivity index (χ2n) is 5.37. The van der Waals surface area contributed by atoms with Crippen LogP contribution in [0.2, 0.25) is 5.02 Å². The highest BCUT2D eigenvalue weighted by molar-refractivity contribution is 6.31. The molecule has 3 heteroatoms. The predicted molar refractivity (Wildman–Crippen MR) is 71.2 cm³/mol. The second kappa shape index (κ2) is 4.97. The molecule has 94 valence electrons. The fourth-order valence-corrected chi connectivity index (χ4v) is 2.86. The number of likely N-dealkylation sites (tertiary alicyclic amines) is 1. The van der Waals surface area contributed by atoms with Gasteiger partial charge in [-0.25, -0.2) is 0 Å². The smallest absolute Gasteiger partial charge is 0.0746 e. The number of hydrogen-bond donors (Lipinski definition) is 1. The summed E-state index contributed by atoms with van der Waals surface area (Å²) in [7, 11) is 0. The fraction of sp³-hybridized carbons (Fsp3) is 0.571. The van der Waals surface area contributed by atoms with Crippen LogP contribution in [-0.4, -0.2) is 28.2 Å². The zero-order chi connectivity index (χ0) is 12.5. The van der Waals surface area contributed by atoms with Gasteiger partial charge in [0.2, 0.25) is 0 Å². The molecule has 1 N–H and O–H groups in total. The highest BCUT2D eigenvalue weighted by atomic mass is 35.5. The van der Waals surface area contributed by atoms with Gasteiger partial charge in [0.25, 0.3) is 0 Å².